The molecule has 0 radical (unpaired) electrons. The molecule has 0 aliphatic carbocycles. The molecule has 1 unspecified atom stereocenters. The van der Waals surface area contributed by atoms with Crippen molar-refractivity contribution in [3.8, 4) is 0 Å². The van der Waals surface area contributed by atoms with Crippen LogP contribution in [0.4, 0.5) is 0 Å². The molecular formula is C12H29NO4Si. The molecular weight excluding hydrogens is 250 g/mol. The van der Waals surface area contributed by atoms with E-state index in [2.05, 4.69) is 12.2 Å². The molecule has 0 fully saturated rings. The second-order valence-corrected chi connectivity index (χ2v) is 7.58. The van der Waals surface area contributed by atoms with Crippen molar-refractivity contribution in [3.63, 3.8) is 0 Å². The second-order valence-electron chi connectivity index (χ2n) is 4.29. The van der Waals surface area contributed by atoms with E-state index < -0.39 is 14.2 Å². The van der Waals surface area contributed by atoms with Crippen LogP contribution in [0.1, 0.15) is 40.0 Å². The molecule has 5 nitrogen and oxygen atoms in total. The molecule has 0 bridgehead atoms. The minimum atomic E-state index is -2.89. The Kier molecular flexibility index (Phi) is 9.01. The summed E-state index contributed by atoms with van der Waals surface area (Å²) >= 11 is 0. The summed E-state index contributed by atoms with van der Waals surface area (Å²) in [5, 5.41) is 2.58. The fourth-order valence-electron chi connectivity index (χ4n) is 2.05. The minimum Gasteiger partial charge on any atom is -0.374 e. The zero-order chi connectivity index (χ0) is 14.1. The predicted molar refractivity (Wildman–Crippen MR) is 74.3 cm³/mol. The minimum absolute atomic E-state index is 0.669. The lowest BCUT2D eigenvalue weighted by molar-refractivity contribution is -0.0665. The van der Waals surface area contributed by atoms with Gasteiger partial charge in [-0.15, -0.1) is 0 Å². The van der Waals surface area contributed by atoms with Crippen LogP contribution in [0.15, 0.2) is 0 Å². The average molecular weight is 279 g/mol. The Balaban J connectivity index is 4.74. The van der Waals surface area contributed by atoms with Gasteiger partial charge in [0.05, 0.1) is 0 Å². The monoisotopic (exact) mass is 279 g/mol. The predicted octanol–water partition coefficient (Wildman–Crippen LogP) is 1.94. The molecule has 0 rings (SSSR count). The third kappa shape index (κ3) is 4.29. The first kappa shape index (κ1) is 18.0. The van der Waals surface area contributed by atoms with Crippen molar-refractivity contribution in [2.45, 2.75) is 45.4 Å². The first-order valence-corrected chi connectivity index (χ1v) is 8.32. The van der Waals surface area contributed by atoms with Crippen molar-refractivity contribution in [1.29, 1.82) is 0 Å². The molecule has 0 aromatic heterocycles. The van der Waals surface area contributed by atoms with Crippen LogP contribution < -0.4 is 5.32 Å². The van der Waals surface area contributed by atoms with Crippen molar-refractivity contribution < 1.29 is 18.0 Å². The SMILES string of the molecule is CCCCCOC(C)(NCC)[Si](OC)(OC)OC. The maximum Gasteiger partial charge on any atom is 0.549 e. The molecule has 0 spiro atoms. The fraction of sp³-hybridized carbons (Fsp3) is 1.00. The van der Waals surface area contributed by atoms with Gasteiger partial charge in [0.25, 0.3) is 0 Å². The van der Waals surface area contributed by atoms with Crippen molar-refractivity contribution in [1.82, 2.24) is 5.32 Å². The zero-order valence-electron chi connectivity index (χ0n) is 12.7. The molecule has 0 saturated heterocycles. The van der Waals surface area contributed by atoms with E-state index in [4.69, 9.17) is 18.0 Å². The molecule has 0 heterocycles. The van der Waals surface area contributed by atoms with Crippen LogP contribution >= 0.6 is 0 Å². The van der Waals surface area contributed by atoms with Gasteiger partial charge in [0.2, 0.25) is 0 Å². The number of rotatable bonds is 11. The summed E-state index contributed by atoms with van der Waals surface area (Å²) in [6, 6.07) is 0. The van der Waals surface area contributed by atoms with E-state index in [-0.39, 0.29) is 0 Å². The highest BCUT2D eigenvalue weighted by molar-refractivity contribution is 6.63. The van der Waals surface area contributed by atoms with E-state index in [9.17, 15) is 0 Å². The summed E-state index contributed by atoms with van der Waals surface area (Å²) in [4.78, 5) is 0. The van der Waals surface area contributed by atoms with E-state index in [1.165, 1.54) is 6.42 Å². The van der Waals surface area contributed by atoms with E-state index in [1.807, 2.05) is 13.8 Å². The maximum atomic E-state index is 5.99. The second kappa shape index (κ2) is 9.01. The molecule has 6 heteroatoms. The molecule has 1 atom stereocenters. The third-order valence-corrected chi connectivity index (χ3v) is 6.15. The summed E-state index contributed by atoms with van der Waals surface area (Å²) in [6.07, 6.45) is 3.35. The van der Waals surface area contributed by atoms with Crippen molar-refractivity contribution in [2.75, 3.05) is 34.5 Å². The topological polar surface area (TPSA) is 49.0 Å². The van der Waals surface area contributed by atoms with Gasteiger partial charge < -0.3 is 18.0 Å². The van der Waals surface area contributed by atoms with Gasteiger partial charge >= 0.3 is 8.80 Å². The van der Waals surface area contributed by atoms with Gasteiger partial charge in [-0.25, -0.2) is 0 Å². The van der Waals surface area contributed by atoms with Crippen LogP contribution in [0.3, 0.4) is 0 Å². The smallest absolute Gasteiger partial charge is 0.374 e. The van der Waals surface area contributed by atoms with Crippen LogP contribution in [-0.2, 0) is 18.0 Å². The van der Waals surface area contributed by atoms with Crippen molar-refractivity contribution in [2.24, 2.45) is 0 Å². The van der Waals surface area contributed by atoms with Gasteiger partial charge in [-0.3, -0.25) is 5.32 Å². The lowest BCUT2D eigenvalue weighted by Crippen LogP contribution is -2.70. The van der Waals surface area contributed by atoms with Crippen LogP contribution in [-0.4, -0.2) is 48.6 Å². The molecule has 0 aromatic rings. The van der Waals surface area contributed by atoms with E-state index in [0.29, 0.717) is 6.61 Å². The molecule has 0 aliphatic rings. The van der Waals surface area contributed by atoms with Gasteiger partial charge in [-0.1, -0.05) is 26.7 Å². The molecule has 0 aliphatic heterocycles. The highest BCUT2D eigenvalue weighted by atomic mass is 28.4. The Morgan fingerprint density at radius 3 is 1.94 bits per heavy atom. The Morgan fingerprint density at radius 2 is 1.56 bits per heavy atom. The van der Waals surface area contributed by atoms with Gasteiger partial charge in [-0.2, -0.15) is 0 Å². The highest BCUT2D eigenvalue weighted by Gasteiger charge is 2.58. The summed E-state index contributed by atoms with van der Waals surface area (Å²) < 4.78 is 22.5. The molecule has 0 amide bonds. The summed E-state index contributed by atoms with van der Waals surface area (Å²) in [6.45, 7) is 7.55. The summed E-state index contributed by atoms with van der Waals surface area (Å²) in [5.74, 6) is 0. The number of ether oxygens (including phenoxy) is 1. The zero-order valence-corrected chi connectivity index (χ0v) is 13.7. The fourth-order valence-corrected chi connectivity index (χ4v) is 4.39. The van der Waals surface area contributed by atoms with Crippen molar-refractivity contribution >= 4 is 8.80 Å². The average Bonchev–Trinajstić information content (AvgIpc) is 2.38. The Morgan fingerprint density at radius 1 is 1.00 bits per heavy atom. The molecule has 110 valence electrons. The highest BCUT2D eigenvalue weighted by Crippen LogP contribution is 2.24. The van der Waals surface area contributed by atoms with Crippen LogP contribution in [0.2, 0.25) is 0 Å². The van der Waals surface area contributed by atoms with E-state index in [1.54, 1.807) is 21.3 Å². The number of hydrogen-bond acceptors (Lipinski definition) is 5. The summed E-state index contributed by atoms with van der Waals surface area (Å²) in [7, 11) is 1.92. The lowest BCUT2D eigenvalue weighted by atomic mass is 10.3. The van der Waals surface area contributed by atoms with Gasteiger partial charge in [0, 0.05) is 27.9 Å². The number of hydrogen-bond donors (Lipinski definition) is 1. The lowest BCUT2D eigenvalue weighted by Gasteiger charge is -2.41. The Labute approximate surface area is 113 Å². The number of unbranched alkanes of at least 4 members (excludes halogenated alkanes) is 2. The third-order valence-electron chi connectivity index (χ3n) is 3.04. The quantitative estimate of drug-likeness (QED) is 0.356. The van der Waals surface area contributed by atoms with Crippen LogP contribution in [0.5, 0.6) is 0 Å². The Bertz CT molecular complexity index is 206. The van der Waals surface area contributed by atoms with Gasteiger partial charge in [-0.05, 0) is 19.9 Å². The van der Waals surface area contributed by atoms with Gasteiger partial charge in [0.1, 0.15) is 0 Å². The van der Waals surface area contributed by atoms with Crippen LogP contribution in [0, 0.1) is 0 Å². The first-order chi connectivity index (χ1) is 8.55. The molecule has 0 aromatic carbocycles. The summed E-state index contributed by atoms with van der Waals surface area (Å²) in [5.41, 5.74) is 0. The Hall–Kier alpha value is 0.0169. The van der Waals surface area contributed by atoms with E-state index in [0.717, 1.165) is 19.4 Å². The molecule has 0 saturated carbocycles. The standard InChI is InChI=1S/C12H29NO4Si/c1-7-9-10-11-17-12(3,13-8-2)18(14-4,15-5)16-6/h13H,7-11H2,1-6H3. The normalized spacial score (nSPS) is 15.7. The first-order valence-electron chi connectivity index (χ1n) is 6.60. The van der Waals surface area contributed by atoms with Crippen LogP contribution in [0.25, 0.3) is 0 Å². The molecule has 1 N–H and O–H groups in total. The van der Waals surface area contributed by atoms with Crippen molar-refractivity contribution in [3.05, 3.63) is 0 Å². The van der Waals surface area contributed by atoms with Gasteiger partial charge in [0.15, 0.2) is 5.35 Å². The largest absolute Gasteiger partial charge is 0.549 e. The molecule has 18 heavy (non-hydrogen) atoms. The maximum absolute atomic E-state index is 5.99. The number of nitrogens with one attached hydrogen (secondary N) is 1. The van der Waals surface area contributed by atoms with E-state index >= 15 is 0 Å².